The third-order valence-corrected chi connectivity index (χ3v) is 1.96. The van der Waals surface area contributed by atoms with Crippen LogP contribution >= 0.6 is 0 Å². The average molecular weight is 179 g/mol. The quantitative estimate of drug-likeness (QED) is 0.637. The van der Waals surface area contributed by atoms with Gasteiger partial charge in [-0.15, -0.1) is 0 Å². The molecule has 4 nitrogen and oxygen atoms in total. The van der Waals surface area contributed by atoms with Gasteiger partial charge in [0.25, 0.3) is 0 Å². The van der Waals surface area contributed by atoms with E-state index in [-0.39, 0.29) is 17.1 Å². The van der Waals surface area contributed by atoms with Crippen LogP contribution in [-0.2, 0) is 6.42 Å². The molecule has 1 aromatic heterocycles. The molecule has 2 heterocycles. The summed E-state index contributed by atoms with van der Waals surface area (Å²) in [6.07, 6.45) is 2.00. The van der Waals surface area contributed by atoms with Gasteiger partial charge in [-0.05, 0) is 0 Å². The van der Waals surface area contributed by atoms with Crippen LogP contribution in [0.25, 0.3) is 5.76 Å². The first-order valence-corrected chi connectivity index (χ1v) is 3.92. The number of ether oxygens (including phenoxy) is 1. The maximum atomic E-state index is 9.38. The summed E-state index contributed by atoms with van der Waals surface area (Å²) in [5.41, 5.74) is 1.01. The third kappa shape index (κ3) is 1.11. The second-order valence-electron chi connectivity index (χ2n) is 2.84. The molecule has 1 aliphatic rings. The first-order valence-electron chi connectivity index (χ1n) is 3.92. The minimum Gasteiger partial charge on any atom is -0.508 e. The van der Waals surface area contributed by atoms with Crippen molar-refractivity contribution in [2.75, 3.05) is 6.61 Å². The average Bonchev–Trinajstić information content (AvgIpc) is 2.50. The monoisotopic (exact) mass is 179 g/mol. The standard InChI is InChI=1S/C9H9NO3/c1-5(11)8-7(12)4-10-6-2-3-13-9(6)8/h4,11-12H,1-3H2. The van der Waals surface area contributed by atoms with Gasteiger partial charge in [-0.1, -0.05) is 6.58 Å². The highest BCUT2D eigenvalue weighted by Gasteiger charge is 2.22. The molecular weight excluding hydrogens is 170 g/mol. The minimum atomic E-state index is -0.196. The van der Waals surface area contributed by atoms with Gasteiger partial charge in [0, 0.05) is 6.42 Å². The van der Waals surface area contributed by atoms with Crippen molar-refractivity contribution in [3.8, 4) is 11.5 Å². The number of aromatic nitrogens is 1. The molecule has 0 saturated heterocycles. The molecule has 0 spiro atoms. The fourth-order valence-corrected chi connectivity index (χ4v) is 1.39. The molecule has 0 unspecified atom stereocenters. The molecule has 0 aliphatic carbocycles. The summed E-state index contributed by atoms with van der Waals surface area (Å²) < 4.78 is 5.23. The van der Waals surface area contributed by atoms with E-state index in [0.717, 1.165) is 5.69 Å². The number of aliphatic hydroxyl groups excluding tert-OH is 1. The van der Waals surface area contributed by atoms with Gasteiger partial charge in [-0.3, -0.25) is 4.98 Å². The minimum absolute atomic E-state index is 0.104. The van der Waals surface area contributed by atoms with Crippen molar-refractivity contribution in [3.63, 3.8) is 0 Å². The van der Waals surface area contributed by atoms with Crippen LogP contribution in [0, 0.1) is 0 Å². The maximum Gasteiger partial charge on any atom is 0.155 e. The summed E-state index contributed by atoms with van der Waals surface area (Å²) in [6, 6.07) is 0. The Bertz CT molecular complexity index is 373. The summed E-state index contributed by atoms with van der Waals surface area (Å²) in [7, 11) is 0. The molecule has 0 radical (unpaired) electrons. The second kappa shape index (κ2) is 2.65. The van der Waals surface area contributed by atoms with E-state index in [0.29, 0.717) is 18.8 Å². The first kappa shape index (κ1) is 7.91. The van der Waals surface area contributed by atoms with Crippen LogP contribution in [-0.4, -0.2) is 21.8 Å². The number of fused-ring (bicyclic) bond motifs is 1. The molecular formula is C9H9NO3. The summed E-state index contributed by atoms with van der Waals surface area (Å²) in [5, 5.41) is 18.6. The third-order valence-electron chi connectivity index (χ3n) is 1.96. The van der Waals surface area contributed by atoms with Gasteiger partial charge in [-0.25, -0.2) is 0 Å². The molecule has 0 bridgehead atoms. The van der Waals surface area contributed by atoms with Crippen LogP contribution in [0.3, 0.4) is 0 Å². The van der Waals surface area contributed by atoms with Crippen molar-refractivity contribution in [3.05, 3.63) is 24.0 Å². The van der Waals surface area contributed by atoms with Crippen LogP contribution in [0.5, 0.6) is 11.5 Å². The van der Waals surface area contributed by atoms with Gasteiger partial charge < -0.3 is 14.9 Å². The van der Waals surface area contributed by atoms with E-state index in [9.17, 15) is 10.2 Å². The lowest BCUT2D eigenvalue weighted by Gasteiger charge is -2.07. The first-order chi connectivity index (χ1) is 6.20. The van der Waals surface area contributed by atoms with Gasteiger partial charge in [0.05, 0.1) is 18.5 Å². The summed E-state index contributed by atoms with van der Waals surface area (Å²) in [6.45, 7) is 3.89. The highest BCUT2D eigenvalue weighted by atomic mass is 16.5. The Labute approximate surface area is 75.1 Å². The molecule has 0 atom stereocenters. The van der Waals surface area contributed by atoms with Gasteiger partial charge in [-0.2, -0.15) is 0 Å². The topological polar surface area (TPSA) is 62.6 Å². The van der Waals surface area contributed by atoms with E-state index < -0.39 is 0 Å². The Kier molecular flexibility index (Phi) is 1.62. The molecule has 68 valence electrons. The predicted octanol–water partition coefficient (Wildman–Crippen LogP) is 1.25. The summed E-state index contributed by atoms with van der Waals surface area (Å²) >= 11 is 0. The Morgan fingerprint density at radius 3 is 3.08 bits per heavy atom. The summed E-state index contributed by atoms with van der Waals surface area (Å²) in [4.78, 5) is 3.97. The molecule has 0 fully saturated rings. The summed E-state index contributed by atoms with van der Waals surface area (Å²) in [5.74, 6) is 0.152. The molecule has 2 rings (SSSR count). The smallest absolute Gasteiger partial charge is 0.155 e. The van der Waals surface area contributed by atoms with E-state index in [1.54, 1.807) is 0 Å². The molecule has 0 saturated carbocycles. The van der Waals surface area contributed by atoms with E-state index in [4.69, 9.17) is 4.74 Å². The predicted molar refractivity (Wildman–Crippen MR) is 46.8 cm³/mol. The van der Waals surface area contributed by atoms with Crippen molar-refractivity contribution < 1.29 is 14.9 Å². The largest absolute Gasteiger partial charge is 0.508 e. The molecule has 0 amide bonds. The highest BCUT2D eigenvalue weighted by molar-refractivity contribution is 5.69. The van der Waals surface area contributed by atoms with E-state index >= 15 is 0 Å². The van der Waals surface area contributed by atoms with Crippen molar-refractivity contribution >= 4 is 5.76 Å². The lowest BCUT2D eigenvalue weighted by Crippen LogP contribution is -1.92. The van der Waals surface area contributed by atoms with Crippen LogP contribution < -0.4 is 4.74 Å². The molecule has 4 heteroatoms. The fraction of sp³-hybridized carbons (Fsp3) is 0.222. The van der Waals surface area contributed by atoms with E-state index in [1.165, 1.54) is 6.20 Å². The molecule has 2 N–H and O–H groups in total. The van der Waals surface area contributed by atoms with Crippen molar-refractivity contribution in [1.82, 2.24) is 4.98 Å². The Hall–Kier alpha value is -1.71. The Morgan fingerprint density at radius 2 is 2.38 bits per heavy atom. The number of aliphatic hydroxyl groups is 1. The lowest BCUT2D eigenvalue weighted by molar-refractivity contribution is 0.350. The molecule has 13 heavy (non-hydrogen) atoms. The molecule has 1 aromatic rings. The lowest BCUT2D eigenvalue weighted by atomic mass is 10.1. The van der Waals surface area contributed by atoms with Gasteiger partial charge in [0.15, 0.2) is 5.75 Å². The second-order valence-corrected chi connectivity index (χ2v) is 2.84. The van der Waals surface area contributed by atoms with Crippen molar-refractivity contribution in [1.29, 1.82) is 0 Å². The molecule has 1 aliphatic heterocycles. The maximum absolute atomic E-state index is 9.38. The zero-order chi connectivity index (χ0) is 9.42. The van der Waals surface area contributed by atoms with E-state index in [2.05, 4.69) is 11.6 Å². The fourth-order valence-electron chi connectivity index (χ4n) is 1.39. The number of hydrogen-bond donors (Lipinski definition) is 2. The van der Waals surface area contributed by atoms with Gasteiger partial charge in [0.2, 0.25) is 0 Å². The number of aromatic hydroxyl groups is 1. The number of pyridine rings is 1. The van der Waals surface area contributed by atoms with Crippen molar-refractivity contribution in [2.24, 2.45) is 0 Å². The van der Waals surface area contributed by atoms with Crippen LogP contribution in [0.1, 0.15) is 11.3 Å². The van der Waals surface area contributed by atoms with Gasteiger partial charge in [0.1, 0.15) is 17.1 Å². The Morgan fingerprint density at radius 1 is 1.62 bits per heavy atom. The van der Waals surface area contributed by atoms with Crippen molar-refractivity contribution in [2.45, 2.75) is 6.42 Å². The molecule has 0 aromatic carbocycles. The number of rotatable bonds is 1. The zero-order valence-electron chi connectivity index (χ0n) is 6.95. The van der Waals surface area contributed by atoms with Crippen LogP contribution in [0.4, 0.5) is 0 Å². The Balaban J connectivity index is 2.65. The highest BCUT2D eigenvalue weighted by Crippen LogP contribution is 2.36. The number of nitrogens with zero attached hydrogens (tertiary/aromatic N) is 1. The zero-order valence-corrected chi connectivity index (χ0v) is 6.95. The van der Waals surface area contributed by atoms with Crippen LogP contribution in [0.15, 0.2) is 12.8 Å². The van der Waals surface area contributed by atoms with Crippen LogP contribution in [0.2, 0.25) is 0 Å². The number of hydrogen-bond acceptors (Lipinski definition) is 4. The normalized spacial score (nSPS) is 13.5. The van der Waals surface area contributed by atoms with E-state index in [1.807, 2.05) is 0 Å². The van der Waals surface area contributed by atoms with Gasteiger partial charge >= 0.3 is 0 Å². The SMILES string of the molecule is C=C(O)c1c(O)cnc2c1OCC2.